The molecule has 0 radical (unpaired) electrons. The zero-order valence-electron chi connectivity index (χ0n) is 9.37. The van der Waals surface area contributed by atoms with Crippen molar-refractivity contribution < 1.29 is 8.78 Å². The average Bonchev–Trinajstić information content (AvgIpc) is 2.27. The third-order valence-electron chi connectivity index (χ3n) is 2.74. The highest BCUT2D eigenvalue weighted by Gasteiger charge is 2.12. The molecular formula is C13H12F2N2. The van der Waals surface area contributed by atoms with Crippen LogP contribution >= 0.6 is 0 Å². The van der Waals surface area contributed by atoms with E-state index >= 15 is 0 Å². The predicted molar refractivity (Wildman–Crippen MR) is 62.6 cm³/mol. The van der Waals surface area contributed by atoms with Crippen molar-refractivity contribution in [2.45, 2.75) is 13.3 Å². The van der Waals surface area contributed by atoms with E-state index < -0.39 is 11.6 Å². The summed E-state index contributed by atoms with van der Waals surface area (Å²) in [7, 11) is 0. The van der Waals surface area contributed by atoms with Crippen molar-refractivity contribution in [3.05, 3.63) is 58.8 Å². The molecule has 0 fully saturated rings. The van der Waals surface area contributed by atoms with Crippen molar-refractivity contribution >= 4 is 5.82 Å². The Hall–Kier alpha value is -1.97. The molecule has 1 aromatic carbocycles. The van der Waals surface area contributed by atoms with Crippen LogP contribution in [0.5, 0.6) is 0 Å². The van der Waals surface area contributed by atoms with E-state index in [1.54, 1.807) is 12.3 Å². The van der Waals surface area contributed by atoms with Crippen molar-refractivity contribution in [1.29, 1.82) is 0 Å². The molecule has 2 nitrogen and oxygen atoms in total. The Morgan fingerprint density at radius 1 is 1.12 bits per heavy atom. The molecule has 2 rings (SSSR count). The van der Waals surface area contributed by atoms with Gasteiger partial charge in [0.05, 0.1) is 0 Å². The quantitative estimate of drug-likeness (QED) is 0.867. The van der Waals surface area contributed by atoms with Crippen molar-refractivity contribution in [3.63, 3.8) is 0 Å². The number of anilines is 1. The molecule has 0 saturated carbocycles. The molecule has 2 N–H and O–H groups in total. The molecule has 0 aliphatic carbocycles. The maximum Gasteiger partial charge on any atom is 0.129 e. The minimum Gasteiger partial charge on any atom is -0.383 e. The van der Waals surface area contributed by atoms with Gasteiger partial charge in [-0.2, -0.15) is 0 Å². The number of hydrogen-bond acceptors (Lipinski definition) is 2. The lowest BCUT2D eigenvalue weighted by atomic mass is 10.0. The first-order valence-electron chi connectivity index (χ1n) is 5.22. The molecule has 0 unspecified atom stereocenters. The SMILES string of the molecule is Cc1ccnc(N)c1Cc1c(F)cccc1F. The number of nitrogens with two attached hydrogens (primary N) is 1. The number of nitrogen functional groups attached to an aromatic ring is 1. The molecule has 0 aliphatic heterocycles. The van der Waals surface area contributed by atoms with Gasteiger partial charge in [0.25, 0.3) is 0 Å². The van der Waals surface area contributed by atoms with Crippen LogP contribution in [-0.2, 0) is 6.42 Å². The second-order valence-electron chi connectivity index (χ2n) is 3.87. The number of nitrogens with zero attached hydrogens (tertiary/aromatic N) is 1. The second-order valence-corrected chi connectivity index (χ2v) is 3.87. The summed E-state index contributed by atoms with van der Waals surface area (Å²) >= 11 is 0. The van der Waals surface area contributed by atoms with Gasteiger partial charge in [-0.05, 0) is 30.7 Å². The third-order valence-corrected chi connectivity index (χ3v) is 2.74. The van der Waals surface area contributed by atoms with Crippen LogP contribution in [0.25, 0.3) is 0 Å². The fourth-order valence-electron chi connectivity index (χ4n) is 1.72. The molecule has 0 aliphatic rings. The van der Waals surface area contributed by atoms with Gasteiger partial charge in [0.15, 0.2) is 0 Å². The van der Waals surface area contributed by atoms with Gasteiger partial charge >= 0.3 is 0 Å². The van der Waals surface area contributed by atoms with Crippen LogP contribution in [0.4, 0.5) is 14.6 Å². The molecule has 2 aromatic rings. The highest BCUT2D eigenvalue weighted by Crippen LogP contribution is 2.21. The first-order valence-corrected chi connectivity index (χ1v) is 5.22. The van der Waals surface area contributed by atoms with Gasteiger partial charge in [-0.3, -0.25) is 0 Å². The summed E-state index contributed by atoms with van der Waals surface area (Å²) in [6.07, 6.45) is 1.69. The molecule has 0 saturated heterocycles. The maximum absolute atomic E-state index is 13.5. The van der Waals surface area contributed by atoms with E-state index in [0.717, 1.165) is 5.56 Å². The normalized spacial score (nSPS) is 10.5. The standard InChI is InChI=1S/C13H12F2N2/c1-8-5-6-17-13(16)9(8)7-10-11(14)3-2-4-12(10)15/h2-6H,7H2,1H3,(H2,16,17). The predicted octanol–water partition coefficient (Wildman–Crippen LogP) is 2.84. The van der Waals surface area contributed by atoms with Gasteiger partial charge in [0, 0.05) is 23.7 Å². The first-order chi connectivity index (χ1) is 8.09. The number of benzene rings is 1. The van der Waals surface area contributed by atoms with E-state index in [9.17, 15) is 8.78 Å². The van der Waals surface area contributed by atoms with Crippen LogP contribution in [0, 0.1) is 18.6 Å². The highest BCUT2D eigenvalue weighted by atomic mass is 19.1. The molecule has 0 spiro atoms. The Morgan fingerprint density at radius 3 is 2.35 bits per heavy atom. The molecule has 0 amide bonds. The zero-order chi connectivity index (χ0) is 12.4. The number of hydrogen-bond donors (Lipinski definition) is 1. The first kappa shape index (κ1) is 11.5. The number of pyridine rings is 1. The number of rotatable bonds is 2. The summed E-state index contributed by atoms with van der Waals surface area (Å²) in [6, 6.07) is 5.58. The monoisotopic (exact) mass is 234 g/mol. The number of halogens is 2. The van der Waals surface area contributed by atoms with Crippen molar-refractivity contribution in [1.82, 2.24) is 4.98 Å². The minimum absolute atomic E-state index is 0.0234. The summed E-state index contributed by atoms with van der Waals surface area (Å²) in [6.45, 7) is 1.84. The van der Waals surface area contributed by atoms with Crippen LogP contribution in [0.2, 0.25) is 0 Å². The minimum atomic E-state index is -0.562. The topological polar surface area (TPSA) is 38.9 Å². The Bertz CT molecular complexity index is 463. The second kappa shape index (κ2) is 4.49. The Kier molecular flexibility index (Phi) is 3.04. The van der Waals surface area contributed by atoms with Crippen LogP contribution in [-0.4, -0.2) is 4.98 Å². The van der Waals surface area contributed by atoms with E-state index in [1.165, 1.54) is 18.2 Å². The fourth-order valence-corrected chi connectivity index (χ4v) is 1.72. The highest BCUT2D eigenvalue weighted by molar-refractivity contribution is 5.46. The lowest BCUT2D eigenvalue weighted by Crippen LogP contribution is -2.04. The molecular weight excluding hydrogens is 222 g/mol. The molecule has 4 heteroatoms. The van der Waals surface area contributed by atoms with E-state index in [4.69, 9.17) is 5.73 Å². The summed E-state index contributed by atoms with van der Waals surface area (Å²) < 4.78 is 27.0. The van der Waals surface area contributed by atoms with Gasteiger partial charge < -0.3 is 5.73 Å². The van der Waals surface area contributed by atoms with Crippen LogP contribution in [0.15, 0.2) is 30.5 Å². The molecule has 17 heavy (non-hydrogen) atoms. The van der Waals surface area contributed by atoms with Gasteiger partial charge in [-0.1, -0.05) is 6.07 Å². The van der Waals surface area contributed by atoms with Gasteiger partial charge in [0.2, 0.25) is 0 Å². The Labute approximate surface area is 98.1 Å². The largest absolute Gasteiger partial charge is 0.383 e. The summed E-state index contributed by atoms with van der Waals surface area (Å²) in [4.78, 5) is 3.93. The van der Waals surface area contributed by atoms with Crippen LogP contribution in [0.3, 0.4) is 0 Å². The molecule has 0 bridgehead atoms. The molecule has 1 aromatic heterocycles. The Morgan fingerprint density at radius 2 is 1.76 bits per heavy atom. The van der Waals surface area contributed by atoms with Crippen molar-refractivity contribution in [2.24, 2.45) is 0 Å². The fraction of sp³-hybridized carbons (Fsp3) is 0.154. The van der Waals surface area contributed by atoms with Crippen molar-refractivity contribution in [3.8, 4) is 0 Å². The van der Waals surface area contributed by atoms with Gasteiger partial charge in [-0.15, -0.1) is 0 Å². The summed E-state index contributed by atoms with van der Waals surface area (Å²) in [5.74, 6) is -0.812. The summed E-state index contributed by atoms with van der Waals surface area (Å²) in [5, 5.41) is 0. The average molecular weight is 234 g/mol. The smallest absolute Gasteiger partial charge is 0.129 e. The number of aromatic nitrogens is 1. The zero-order valence-corrected chi connectivity index (χ0v) is 9.37. The maximum atomic E-state index is 13.5. The Balaban J connectivity index is 2.45. The van der Waals surface area contributed by atoms with Crippen LogP contribution < -0.4 is 5.73 Å². The number of aryl methyl sites for hydroxylation is 1. The molecule has 1 heterocycles. The van der Waals surface area contributed by atoms with E-state index in [-0.39, 0.29) is 12.0 Å². The summed E-state index contributed by atoms with van der Waals surface area (Å²) in [5.41, 5.74) is 7.28. The van der Waals surface area contributed by atoms with Crippen LogP contribution in [0.1, 0.15) is 16.7 Å². The van der Waals surface area contributed by atoms with Crippen molar-refractivity contribution in [2.75, 3.05) is 5.73 Å². The van der Waals surface area contributed by atoms with E-state index in [2.05, 4.69) is 4.98 Å². The molecule has 0 atom stereocenters. The lowest BCUT2D eigenvalue weighted by molar-refractivity contribution is 0.561. The molecule has 88 valence electrons. The van der Waals surface area contributed by atoms with E-state index in [1.807, 2.05) is 6.92 Å². The van der Waals surface area contributed by atoms with E-state index in [0.29, 0.717) is 11.4 Å². The van der Waals surface area contributed by atoms with Gasteiger partial charge in [0.1, 0.15) is 17.5 Å². The van der Waals surface area contributed by atoms with Gasteiger partial charge in [-0.25, -0.2) is 13.8 Å². The lowest BCUT2D eigenvalue weighted by Gasteiger charge is -2.09. The third kappa shape index (κ3) is 2.25.